The van der Waals surface area contributed by atoms with E-state index in [-0.39, 0.29) is 23.8 Å². The van der Waals surface area contributed by atoms with Crippen LogP contribution < -0.4 is 15.4 Å². The highest BCUT2D eigenvalue weighted by Gasteiger charge is 2.32. The van der Waals surface area contributed by atoms with Crippen molar-refractivity contribution in [1.82, 2.24) is 15.2 Å². The molecule has 2 N–H and O–H groups in total. The number of aryl methyl sites for hydroxylation is 1. The smallest absolute Gasteiger partial charge is 0.257 e. The molecule has 0 saturated carbocycles. The predicted octanol–water partition coefficient (Wildman–Crippen LogP) is 4.60. The van der Waals surface area contributed by atoms with E-state index in [0.29, 0.717) is 16.4 Å². The van der Waals surface area contributed by atoms with Crippen LogP contribution in [-0.2, 0) is 17.8 Å². The normalized spacial score (nSPS) is 18.3. The SMILES string of the molecule is COc1ccc(C(=O)Nc2nc3c(s2)CCCC3C(=O)NC2CCN(Cc3ccccc3)CC2)cc1. The topological polar surface area (TPSA) is 83.6 Å². The van der Waals surface area contributed by atoms with Crippen LogP contribution in [0, 0.1) is 0 Å². The van der Waals surface area contributed by atoms with E-state index < -0.39 is 0 Å². The van der Waals surface area contributed by atoms with Crippen LogP contribution in [0.15, 0.2) is 54.6 Å². The van der Waals surface area contributed by atoms with E-state index in [2.05, 4.69) is 39.8 Å². The van der Waals surface area contributed by atoms with Crippen molar-refractivity contribution >= 4 is 28.3 Å². The van der Waals surface area contributed by atoms with Crippen molar-refractivity contribution in [3.05, 3.63) is 76.3 Å². The standard InChI is InChI=1S/C28H32N4O3S/c1-35-22-12-10-20(11-13-22)26(33)31-28-30-25-23(8-5-9-24(25)36-28)27(34)29-21-14-16-32(17-15-21)18-19-6-3-2-4-7-19/h2-4,6-7,10-13,21,23H,5,8-9,14-18H2,1H3,(H,29,34)(H,30,31,33). The van der Waals surface area contributed by atoms with Crippen LogP contribution in [0.3, 0.4) is 0 Å². The van der Waals surface area contributed by atoms with Gasteiger partial charge in [0.1, 0.15) is 5.75 Å². The molecule has 1 fully saturated rings. The highest BCUT2D eigenvalue weighted by atomic mass is 32.1. The fourth-order valence-corrected chi connectivity index (χ4v) is 6.08. The Labute approximate surface area is 215 Å². The number of hydrogen-bond donors (Lipinski definition) is 2. The monoisotopic (exact) mass is 504 g/mol. The van der Waals surface area contributed by atoms with Gasteiger partial charge in [-0.15, -0.1) is 11.3 Å². The summed E-state index contributed by atoms with van der Waals surface area (Å²) in [5.74, 6) is 0.300. The van der Waals surface area contributed by atoms with Gasteiger partial charge in [-0.2, -0.15) is 0 Å². The molecule has 1 unspecified atom stereocenters. The van der Waals surface area contributed by atoms with Crippen LogP contribution in [0.4, 0.5) is 5.13 Å². The van der Waals surface area contributed by atoms with E-state index in [9.17, 15) is 9.59 Å². The van der Waals surface area contributed by atoms with E-state index >= 15 is 0 Å². The molecule has 0 radical (unpaired) electrons. The highest BCUT2D eigenvalue weighted by Crippen LogP contribution is 2.37. The number of aromatic nitrogens is 1. The first-order chi connectivity index (χ1) is 17.6. The number of nitrogens with one attached hydrogen (secondary N) is 2. The summed E-state index contributed by atoms with van der Waals surface area (Å²) in [6.45, 7) is 2.92. The Morgan fingerprint density at radius 3 is 2.53 bits per heavy atom. The number of nitrogens with zero attached hydrogens (tertiary/aromatic N) is 2. The average molecular weight is 505 g/mol. The highest BCUT2D eigenvalue weighted by molar-refractivity contribution is 7.16. The summed E-state index contributed by atoms with van der Waals surface area (Å²) in [5, 5.41) is 6.76. The van der Waals surface area contributed by atoms with E-state index in [1.807, 2.05) is 6.07 Å². The van der Waals surface area contributed by atoms with Gasteiger partial charge < -0.3 is 10.1 Å². The third kappa shape index (κ3) is 5.77. The van der Waals surface area contributed by atoms with Gasteiger partial charge >= 0.3 is 0 Å². The lowest BCUT2D eigenvalue weighted by atomic mass is 9.89. The zero-order valence-electron chi connectivity index (χ0n) is 20.5. The lowest BCUT2D eigenvalue weighted by Crippen LogP contribution is -2.46. The summed E-state index contributed by atoms with van der Waals surface area (Å²) in [6, 6.07) is 17.7. The summed E-state index contributed by atoms with van der Waals surface area (Å²) in [6.07, 6.45) is 4.56. The number of ether oxygens (including phenoxy) is 1. The van der Waals surface area contributed by atoms with Gasteiger partial charge in [0.15, 0.2) is 5.13 Å². The second-order valence-electron chi connectivity index (χ2n) is 9.50. The van der Waals surface area contributed by atoms with Gasteiger partial charge in [-0.05, 0) is 61.9 Å². The number of hydrogen-bond acceptors (Lipinski definition) is 6. The Bertz CT molecular complexity index is 1190. The average Bonchev–Trinajstić information content (AvgIpc) is 3.33. The lowest BCUT2D eigenvalue weighted by Gasteiger charge is -2.33. The molecule has 0 bridgehead atoms. The van der Waals surface area contributed by atoms with Crippen LogP contribution in [0.1, 0.15) is 58.1 Å². The van der Waals surface area contributed by atoms with Gasteiger partial charge in [-0.3, -0.25) is 19.8 Å². The molecule has 2 heterocycles. The van der Waals surface area contributed by atoms with Crippen molar-refractivity contribution in [1.29, 1.82) is 0 Å². The second kappa shape index (κ2) is 11.2. The minimum Gasteiger partial charge on any atom is -0.497 e. The van der Waals surface area contributed by atoms with Crippen molar-refractivity contribution in [3.63, 3.8) is 0 Å². The summed E-state index contributed by atoms with van der Waals surface area (Å²) in [5.41, 5.74) is 2.69. The Balaban J connectivity index is 1.17. The number of fused-ring (bicyclic) bond motifs is 1. The van der Waals surface area contributed by atoms with E-state index in [4.69, 9.17) is 9.72 Å². The lowest BCUT2D eigenvalue weighted by molar-refractivity contribution is -0.124. The van der Waals surface area contributed by atoms with Crippen molar-refractivity contribution in [2.24, 2.45) is 0 Å². The number of rotatable bonds is 7. The molecular formula is C28H32N4O3S. The fraction of sp³-hybridized carbons (Fsp3) is 0.393. The Morgan fingerprint density at radius 1 is 1.06 bits per heavy atom. The second-order valence-corrected chi connectivity index (χ2v) is 10.6. The number of piperidine rings is 1. The fourth-order valence-electron chi connectivity index (χ4n) is 5.02. The molecule has 2 amide bonds. The van der Waals surface area contributed by atoms with Crippen molar-refractivity contribution in [2.45, 2.75) is 50.6 Å². The third-order valence-electron chi connectivity index (χ3n) is 7.03. The van der Waals surface area contributed by atoms with Crippen molar-refractivity contribution in [3.8, 4) is 5.75 Å². The number of likely N-dealkylation sites (tertiary alicyclic amines) is 1. The maximum Gasteiger partial charge on any atom is 0.257 e. The number of benzene rings is 2. The molecule has 2 aliphatic rings. The zero-order chi connectivity index (χ0) is 24.9. The minimum absolute atomic E-state index is 0.0655. The summed E-state index contributed by atoms with van der Waals surface area (Å²) in [7, 11) is 1.59. The van der Waals surface area contributed by atoms with Gasteiger partial charge in [0.2, 0.25) is 5.91 Å². The molecule has 1 aliphatic heterocycles. The molecule has 1 aromatic heterocycles. The van der Waals surface area contributed by atoms with Gasteiger partial charge in [0, 0.05) is 36.1 Å². The quantitative estimate of drug-likeness (QED) is 0.491. The largest absolute Gasteiger partial charge is 0.497 e. The molecule has 1 atom stereocenters. The Kier molecular flexibility index (Phi) is 7.63. The predicted molar refractivity (Wildman–Crippen MR) is 142 cm³/mol. The number of carbonyl (C=O) groups excluding carboxylic acids is 2. The Hall–Kier alpha value is -3.23. The van der Waals surface area contributed by atoms with E-state index in [0.717, 1.165) is 62.3 Å². The number of amides is 2. The Morgan fingerprint density at radius 2 is 1.81 bits per heavy atom. The van der Waals surface area contributed by atoms with Crippen LogP contribution >= 0.6 is 11.3 Å². The number of anilines is 1. The molecule has 8 heteroatoms. The molecule has 36 heavy (non-hydrogen) atoms. The first-order valence-electron chi connectivity index (χ1n) is 12.6. The molecule has 188 valence electrons. The summed E-state index contributed by atoms with van der Waals surface area (Å²) in [4.78, 5) is 34.2. The summed E-state index contributed by atoms with van der Waals surface area (Å²) < 4.78 is 5.16. The number of carbonyl (C=O) groups is 2. The summed E-state index contributed by atoms with van der Waals surface area (Å²) >= 11 is 1.48. The molecule has 3 aromatic rings. The van der Waals surface area contributed by atoms with Gasteiger partial charge in [-0.1, -0.05) is 30.3 Å². The first kappa shape index (κ1) is 24.5. The van der Waals surface area contributed by atoms with Crippen LogP contribution in [-0.4, -0.2) is 47.9 Å². The maximum atomic E-state index is 13.3. The van der Waals surface area contributed by atoms with Gasteiger partial charge in [0.05, 0.1) is 18.7 Å². The minimum atomic E-state index is -0.251. The molecular weight excluding hydrogens is 472 g/mol. The molecule has 5 rings (SSSR count). The van der Waals surface area contributed by atoms with Crippen LogP contribution in [0.25, 0.3) is 0 Å². The molecule has 1 aliphatic carbocycles. The van der Waals surface area contributed by atoms with E-state index in [1.54, 1.807) is 31.4 Å². The molecule has 2 aromatic carbocycles. The number of thiazole rings is 1. The van der Waals surface area contributed by atoms with Crippen molar-refractivity contribution < 1.29 is 14.3 Å². The first-order valence-corrected chi connectivity index (χ1v) is 13.4. The maximum absolute atomic E-state index is 13.3. The van der Waals surface area contributed by atoms with Crippen LogP contribution in [0.5, 0.6) is 5.75 Å². The van der Waals surface area contributed by atoms with E-state index in [1.165, 1.54) is 16.9 Å². The van der Waals surface area contributed by atoms with Crippen LogP contribution in [0.2, 0.25) is 0 Å². The molecule has 1 saturated heterocycles. The van der Waals surface area contributed by atoms with Crippen molar-refractivity contribution in [2.75, 3.05) is 25.5 Å². The number of methoxy groups -OCH3 is 1. The molecule has 7 nitrogen and oxygen atoms in total. The zero-order valence-corrected chi connectivity index (χ0v) is 21.4. The van der Waals surface area contributed by atoms with Gasteiger partial charge in [0.25, 0.3) is 5.91 Å². The molecule has 0 spiro atoms. The third-order valence-corrected chi connectivity index (χ3v) is 8.07. The van der Waals surface area contributed by atoms with Gasteiger partial charge in [-0.25, -0.2) is 4.98 Å².